The van der Waals surface area contributed by atoms with Crippen LogP contribution in [0.3, 0.4) is 0 Å². The van der Waals surface area contributed by atoms with E-state index in [4.69, 9.17) is 5.11 Å². The first-order valence-corrected chi connectivity index (χ1v) is 6.54. The third-order valence-electron chi connectivity index (χ3n) is 2.92. The van der Waals surface area contributed by atoms with Crippen LogP contribution in [0, 0.1) is 0 Å². The van der Waals surface area contributed by atoms with Gasteiger partial charge in [0.1, 0.15) is 0 Å². The van der Waals surface area contributed by atoms with Crippen molar-refractivity contribution in [3.63, 3.8) is 0 Å². The normalized spacial score (nSPS) is 13.3. The van der Waals surface area contributed by atoms with Crippen LogP contribution in [0.1, 0.15) is 12.5 Å². The van der Waals surface area contributed by atoms with Crippen molar-refractivity contribution in [2.45, 2.75) is 25.6 Å². The average Bonchev–Trinajstić information content (AvgIpc) is 2.38. The largest absolute Gasteiger partial charge is 0.415 e. The van der Waals surface area contributed by atoms with E-state index in [1.165, 1.54) is 7.05 Å². The average molecular weight is 304 g/mol. The Kier molecular flexibility index (Phi) is 6.17. The zero-order valence-corrected chi connectivity index (χ0v) is 11.9. The Labute approximate surface area is 121 Å². The summed E-state index contributed by atoms with van der Waals surface area (Å²) in [5.41, 5.74) is 1.71. The van der Waals surface area contributed by atoms with Gasteiger partial charge >= 0.3 is 6.18 Å². The van der Waals surface area contributed by atoms with Crippen LogP contribution in [-0.4, -0.2) is 48.3 Å². The van der Waals surface area contributed by atoms with Crippen LogP contribution in [0.15, 0.2) is 24.3 Å². The fourth-order valence-electron chi connectivity index (χ4n) is 1.73. The lowest BCUT2D eigenvalue weighted by Crippen LogP contribution is -2.42. The lowest BCUT2D eigenvalue weighted by molar-refractivity contribution is -0.207. The van der Waals surface area contributed by atoms with Gasteiger partial charge in [-0.1, -0.05) is 19.1 Å². The minimum Gasteiger partial charge on any atom is -0.382 e. The number of likely N-dealkylation sites (N-methyl/N-ethyl adjacent to an activating group) is 1. The van der Waals surface area contributed by atoms with E-state index in [0.29, 0.717) is 5.69 Å². The molecule has 0 aliphatic carbocycles. The van der Waals surface area contributed by atoms with Crippen molar-refractivity contribution in [3.05, 3.63) is 29.8 Å². The molecule has 1 aromatic carbocycles. The number of aliphatic hydroxyl groups is 1. The van der Waals surface area contributed by atoms with Crippen LogP contribution in [0.2, 0.25) is 0 Å². The molecular formula is C14H19F3N2O2. The van der Waals surface area contributed by atoms with Crippen LogP contribution in [0.5, 0.6) is 0 Å². The summed E-state index contributed by atoms with van der Waals surface area (Å²) in [5.74, 6) is -0.434. The van der Waals surface area contributed by atoms with Gasteiger partial charge in [0.15, 0.2) is 6.10 Å². The maximum absolute atomic E-state index is 12.2. The molecule has 0 spiro atoms. The minimum absolute atomic E-state index is 0.233. The second kappa shape index (κ2) is 7.42. The summed E-state index contributed by atoms with van der Waals surface area (Å²) >= 11 is 0. The summed E-state index contributed by atoms with van der Waals surface area (Å²) in [6.45, 7) is 1.13. The number of carbonyl (C=O) groups excluding carboxylic acids is 1. The van der Waals surface area contributed by atoms with E-state index >= 15 is 0 Å². The lowest BCUT2D eigenvalue weighted by atomic mass is 10.1. The Bertz CT molecular complexity index is 460. The van der Waals surface area contributed by atoms with Gasteiger partial charge in [-0.3, -0.25) is 9.69 Å². The zero-order chi connectivity index (χ0) is 16.0. The molecule has 0 radical (unpaired) electrons. The van der Waals surface area contributed by atoms with Crippen LogP contribution in [0.4, 0.5) is 18.9 Å². The second-order valence-corrected chi connectivity index (χ2v) is 4.85. The third-order valence-corrected chi connectivity index (χ3v) is 2.92. The summed E-state index contributed by atoms with van der Waals surface area (Å²) in [7, 11) is 1.34. The molecule has 1 atom stereocenters. The molecule has 4 nitrogen and oxygen atoms in total. The van der Waals surface area contributed by atoms with E-state index in [1.54, 1.807) is 12.1 Å². The summed E-state index contributed by atoms with van der Waals surface area (Å²) in [6, 6.07) is 7.21. The SMILES string of the molecule is CCc1ccc(NC(=O)CN(C)CC(O)C(F)(F)F)cc1. The van der Waals surface area contributed by atoms with Gasteiger partial charge in [0.05, 0.1) is 6.54 Å². The van der Waals surface area contributed by atoms with E-state index in [-0.39, 0.29) is 6.54 Å². The minimum atomic E-state index is -4.68. The first-order chi connectivity index (χ1) is 9.72. The molecule has 0 aromatic heterocycles. The first-order valence-electron chi connectivity index (χ1n) is 6.54. The molecule has 0 bridgehead atoms. The Morgan fingerprint density at radius 2 is 1.90 bits per heavy atom. The zero-order valence-electron chi connectivity index (χ0n) is 11.9. The number of aryl methyl sites for hydroxylation is 1. The van der Waals surface area contributed by atoms with E-state index in [1.807, 2.05) is 19.1 Å². The van der Waals surface area contributed by atoms with Crippen LogP contribution >= 0.6 is 0 Å². The van der Waals surface area contributed by atoms with E-state index in [0.717, 1.165) is 16.9 Å². The van der Waals surface area contributed by atoms with Gasteiger partial charge in [-0.2, -0.15) is 13.2 Å². The monoisotopic (exact) mass is 304 g/mol. The summed E-state index contributed by atoms with van der Waals surface area (Å²) in [6.07, 6.45) is -6.26. The molecule has 7 heteroatoms. The molecule has 0 saturated heterocycles. The van der Waals surface area contributed by atoms with Gasteiger partial charge in [0, 0.05) is 12.2 Å². The number of amides is 1. The quantitative estimate of drug-likeness (QED) is 0.845. The van der Waals surface area contributed by atoms with Crippen LogP contribution in [-0.2, 0) is 11.2 Å². The molecule has 2 N–H and O–H groups in total. The van der Waals surface area contributed by atoms with E-state index < -0.39 is 24.7 Å². The van der Waals surface area contributed by atoms with Gasteiger partial charge in [-0.05, 0) is 31.2 Å². The Balaban J connectivity index is 2.45. The molecule has 1 unspecified atom stereocenters. The highest BCUT2D eigenvalue weighted by Gasteiger charge is 2.38. The fourth-order valence-corrected chi connectivity index (χ4v) is 1.73. The first kappa shape index (κ1) is 17.5. The van der Waals surface area contributed by atoms with Crippen LogP contribution in [0.25, 0.3) is 0 Å². The van der Waals surface area contributed by atoms with Crippen molar-refractivity contribution in [1.29, 1.82) is 0 Å². The topological polar surface area (TPSA) is 52.6 Å². The predicted octanol–water partition coefficient (Wildman–Crippen LogP) is 2.04. The Hall–Kier alpha value is -1.60. The molecule has 0 aliphatic rings. The van der Waals surface area contributed by atoms with Crippen molar-refractivity contribution in [2.75, 3.05) is 25.5 Å². The molecule has 0 aliphatic heterocycles. The Morgan fingerprint density at radius 3 is 2.38 bits per heavy atom. The smallest absolute Gasteiger partial charge is 0.382 e. The number of benzene rings is 1. The summed E-state index contributed by atoms with van der Waals surface area (Å²) in [5, 5.41) is 11.5. The second-order valence-electron chi connectivity index (χ2n) is 4.85. The number of carbonyl (C=O) groups is 1. The van der Waals surface area contributed by atoms with Gasteiger partial charge in [0.2, 0.25) is 5.91 Å². The Morgan fingerprint density at radius 1 is 1.33 bits per heavy atom. The third kappa shape index (κ3) is 6.14. The van der Waals surface area contributed by atoms with Gasteiger partial charge < -0.3 is 10.4 Å². The van der Waals surface area contributed by atoms with Crippen molar-refractivity contribution in [3.8, 4) is 0 Å². The molecule has 0 fully saturated rings. The number of aliphatic hydroxyl groups excluding tert-OH is 1. The molecular weight excluding hydrogens is 285 g/mol. The number of anilines is 1. The highest BCUT2D eigenvalue weighted by atomic mass is 19.4. The lowest BCUT2D eigenvalue weighted by Gasteiger charge is -2.21. The number of nitrogens with zero attached hydrogens (tertiary/aromatic N) is 1. The highest BCUT2D eigenvalue weighted by Crippen LogP contribution is 2.20. The summed E-state index contributed by atoms with van der Waals surface area (Å²) in [4.78, 5) is 12.8. The van der Waals surface area contributed by atoms with Gasteiger partial charge in [0.25, 0.3) is 0 Å². The summed E-state index contributed by atoms with van der Waals surface area (Å²) < 4.78 is 36.6. The van der Waals surface area contributed by atoms with Crippen LogP contribution < -0.4 is 5.32 Å². The maximum atomic E-state index is 12.2. The number of alkyl halides is 3. The molecule has 1 rings (SSSR count). The van der Waals surface area contributed by atoms with E-state index in [2.05, 4.69) is 5.32 Å². The molecule has 1 amide bonds. The molecule has 0 saturated carbocycles. The molecule has 118 valence electrons. The van der Waals surface area contributed by atoms with Crippen molar-refractivity contribution >= 4 is 11.6 Å². The number of hydrogen-bond donors (Lipinski definition) is 2. The van der Waals surface area contributed by atoms with Crippen molar-refractivity contribution in [2.24, 2.45) is 0 Å². The molecule has 1 aromatic rings. The number of rotatable bonds is 6. The number of hydrogen-bond acceptors (Lipinski definition) is 3. The standard InChI is InChI=1S/C14H19F3N2O2/c1-3-10-4-6-11(7-5-10)18-13(21)9-19(2)8-12(20)14(15,16)17/h4-7,12,20H,3,8-9H2,1-2H3,(H,18,21). The maximum Gasteiger partial charge on any atom is 0.415 e. The highest BCUT2D eigenvalue weighted by molar-refractivity contribution is 5.92. The molecule has 0 heterocycles. The van der Waals surface area contributed by atoms with E-state index in [9.17, 15) is 18.0 Å². The predicted molar refractivity (Wildman–Crippen MR) is 74.0 cm³/mol. The van der Waals surface area contributed by atoms with Gasteiger partial charge in [-0.15, -0.1) is 0 Å². The van der Waals surface area contributed by atoms with Crippen molar-refractivity contribution < 1.29 is 23.1 Å². The van der Waals surface area contributed by atoms with Gasteiger partial charge in [-0.25, -0.2) is 0 Å². The number of nitrogens with one attached hydrogen (secondary N) is 1. The fraction of sp³-hybridized carbons (Fsp3) is 0.500. The van der Waals surface area contributed by atoms with Crippen molar-refractivity contribution in [1.82, 2.24) is 4.90 Å². The molecule has 21 heavy (non-hydrogen) atoms. The number of halogens is 3.